The zero-order valence-electron chi connectivity index (χ0n) is 9.94. The second kappa shape index (κ2) is 5.72. The topological polar surface area (TPSA) is 21.3 Å². The predicted octanol–water partition coefficient (Wildman–Crippen LogP) is 2.58. The molecule has 0 amide bonds. The number of likely N-dealkylation sites (N-methyl/N-ethyl adjacent to an activating group) is 1. The van der Waals surface area contributed by atoms with Crippen LogP contribution in [0.5, 0.6) is 0 Å². The van der Waals surface area contributed by atoms with Crippen molar-refractivity contribution >= 4 is 0 Å². The molecule has 1 rings (SSSR count). The van der Waals surface area contributed by atoms with Crippen molar-refractivity contribution in [2.45, 2.75) is 52.1 Å². The number of hydrogen-bond acceptors (Lipinski definition) is 2. The van der Waals surface area contributed by atoms with Gasteiger partial charge in [0.2, 0.25) is 0 Å². The Balaban J connectivity index is 2.02. The van der Waals surface area contributed by atoms with Crippen molar-refractivity contribution < 1.29 is 4.74 Å². The summed E-state index contributed by atoms with van der Waals surface area (Å²) in [6.07, 6.45) is 5.55. The number of ether oxygens (including phenoxy) is 1. The van der Waals surface area contributed by atoms with Crippen molar-refractivity contribution in [1.82, 2.24) is 5.32 Å². The maximum absolute atomic E-state index is 5.88. The van der Waals surface area contributed by atoms with Crippen LogP contribution in [0.2, 0.25) is 0 Å². The van der Waals surface area contributed by atoms with Crippen LogP contribution in [0.25, 0.3) is 0 Å². The van der Waals surface area contributed by atoms with Gasteiger partial charge in [-0.2, -0.15) is 0 Å². The van der Waals surface area contributed by atoms with Gasteiger partial charge in [0.15, 0.2) is 0 Å². The molecule has 2 heteroatoms. The smallest absolute Gasteiger partial charge is 0.0750 e. The van der Waals surface area contributed by atoms with Crippen molar-refractivity contribution in [3.05, 3.63) is 0 Å². The van der Waals surface area contributed by atoms with Crippen molar-refractivity contribution in [3.8, 4) is 0 Å². The van der Waals surface area contributed by atoms with E-state index >= 15 is 0 Å². The molecule has 0 heterocycles. The molecule has 0 spiro atoms. The first kappa shape index (κ1) is 12.0. The van der Waals surface area contributed by atoms with Crippen LogP contribution >= 0.6 is 0 Å². The van der Waals surface area contributed by atoms with Gasteiger partial charge in [0.05, 0.1) is 5.60 Å². The summed E-state index contributed by atoms with van der Waals surface area (Å²) < 4.78 is 5.88. The summed E-state index contributed by atoms with van der Waals surface area (Å²) in [4.78, 5) is 0. The van der Waals surface area contributed by atoms with Gasteiger partial charge in [-0.15, -0.1) is 0 Å². The number of nitrogens with one attached hydrogen (secondary N) is 1. The highest BCUT2D eigenvalue weighted by Gasteiger charge is 2.20. The molecular weight excluding hydrogens is 174 g/mol. The molecule has 0 bridgehead atoms. The van der Waals surface area contributed by atoms with Gasteiger partial charge in [-0.05, 0) is 32.7 Å². The summed E-state index contributed by atoms with van der Waals surface area (Å²) in [5.74, 6) is 0.963. The van der Waals surface area contributed by atoms with Crippen LogP contribution in [-0.2, 0) is 4.74 Å². The van der Waals surface area contributed by atoms with Crippen LogP contribution in [0.3, 0.4) is 0 Å². The third kappa shape index (κ3) is 4.43. The molecule has 1 fully saturated rings. The lowest BCUT2D eigenvalue weighted by Gasteiger charge is -2.29. The molecule has 0 aromatic carbocycles. The largest absolute Gasteiger partial charge is 0.374 e. The third-order valence-corrected chi connectivity index (χ3v) is 3.04. The lowest BCUT2D eigenvalue weighted by atomic mass is 9.83. The van der Waals surface area contributed by atoms with Gasteiger partial charge in [-0.3, -0.25) is 0 Å². The summed E-state index contributed by atoms with van der Waals surface area (Å²) in [5.41, 5.74) is -0.000241. The van der Waals surface area contributed by atoms with E-state index in [1.54, 1.807) is 0 Å². The quantitative estimate of drug-likeness (QED) is 0.680. The first-order valence-electron chi connectivity index (χ1n) is 5.99. The Morgan fingerprint density at radius 3 is 2.57 bits per heavy atom. The average Bonchev–Trinajstić information content (AvgIpc) is 2.06. The Bertz CT molecular complexity index is 152. The molecule has 1 saturated carbocycles. The van der Waals surface area contributed by atoms with E-state index < -0.39 is 0 Å². The fourth-order valence-electron chi connectivity index (χ4n) is 1.76. The summed E-state index contributed by atoms with van der Waals surface area (Å²) >= 11 is 0. The van der Waals surface area contributed by atoms with Crippen LogP contribution in [0.4, 0.5) is 0 Å². The Morgan fingerprint density at radius 2 is 2.07 bits per heavy atom. The second-order valence-corrected chi connectivity index (χ2v) is 4.97. The van der Waals surface area contributed by atoms with E-state index in [1.165, 1.54) is 25.7 Å². The fourth-order valence-corrected chi connectivity index (χ4v) is 1.76. The maximum Gasteiger partial charge on any atom is 0.0750 e. The lowest BCUT2D eigenvalue weighted by Crippen LogP contribution is -2.38. The molecular formula is C12H25NO. The molecule has 1 N–H and O–H groups in total. The van der Waals surface area contributed by atoms with E-state index in [0.29, 0.717) is 0 Å². The highest BCUT2D eigenvalue weighted by atomic mass is 16.5. The van der Waals surface area contributed by atoms with E-state index in [9.17, 15) is 0 Å². The Morgan fingerprint density at radius 1 is 1.36 bits per heavy atom. The molecule has 0 radical (unpaired) electrons. The molecule has 0 atom stereocenters. The molecule has 0 saturated heterocycles. The van der Waals surface area contributed by atoms with Gasteiger partial charge >= 0.3 is 0 Å². The minimum absolute atomic E-state index is 0.000241. The molecule has 0 aromatic rings. The molecule has 1 aliphatic carbocycles. The summed E-state index contributed by atoms with van der Waals surface area (Å²) in [5, 5.41) is 3.33. The molecule has 2 nitrogen and oxygen atoms in total. The van der Waals surface area contributed by atoms with Crippen LogP contribution in [-0.4, -0.2) is 25.3 Å². The van der Waals surface area contributed by atoms with Crippen LogP contribution in [0, 0.1) is 5.92 Å². The highest BCUT2D eigenvalue weighted by molar-refractivity contribution is 4.73. The molecule has 0 aliphatic heterocycles. The predicted molar refractivity (Wildman–Crippen MR) is 60.5 cm³/mol. The van der Waals surface area contributed by atoms with Gasteiger partial charge in [-0.1, -0.05) is 26.2 Å². The minimum Gasteiger partial charge on any atom is -0.374 e. The van der Waals surface area contributed by atoms with Gasteiger partial charge < -0.3 is 10.1 Å². The van der Waals surface area contributed by atoms with E-state index in [-0.39, 0.29) is 5.60 Å². The van der Waals surface area contributed by atoms with E-state index in [1.807, 2.05) is 0 Å². The zero-order chi connectivity index (χ0) is 10.4. The summed E-state index contributed by atoms with van der Waals surface area (Å²) in [7, 11) is 0. The van der Waals surface area contributed by atoms with Crippen LogP contribution < -0.4 is 5.32 Å². The van der Waals surface area contributed by atoms with E-state index in [4.69, 9.17) is 4.74 Å². The zero-order valence-corrected chi connectivity index (χ0v) is 9.94. The van der Waals surface area contributed by atoms with E-state index in [2.05, 4.69) is 26.1 Å². The first-order chi connectivity index (χ1) is 6.64. The summed E-state index contributed by atoms with van der Waals surface area (Å²) in [6.45, 7) is 9.37. The standard InChI is InChI=1S/C12H25NO/c1-4-13-10-12(2,3)14-9-8-11-6-5-7-11/h11,13H,4-10H2,1-3H3. The fraction of sp³-hybridized carbons (Fsp3) is 1.00. The van der Waals surface area contributed by atoms with Gasteiger partial charge in [0, 0.05) is 13.2 Å². The maximum atomic E-state index is 5.88. The second-order valence-electron chi connectivity index (χ2n) is 4.97. The van der Waals surface area contributed by atoms with Crippen LogP contribution in [0.15, 0.2) is 0 Å². The van der Waals surface area contributed by atoms with Crippen molar-refractivity contribution in [3.63, 3.8) is 0 Å². The molecule has 0 unspecified atom stereocenters. The van der Waals surface area contributed by atoms with Crippen LogP contribution in [0.1, 0.15) is 46.5 Å². The number of rotatable bonds is 7. The third-order valence-electron chi connectivity index (χ3n) is 3.04. The Hall–Kier alpha value is -0.0800. The molecule has 84 valence electrons. The number of hydrogen-bond donors (Lipinski definition) is 1. The Kier molecular flexibility index (Phi) is 4.90. The van der Waals surface area contributed by atoms with Gasteiger partial charge in [-0.25, -0.2) is 0 Å². The molecule has 1 aliphatic rings. The van der Waals surface area contributed by atoms with Gasteiger partial charge in [0.25, 0.3) is 0 Å². The van der Waals surface area contributed by atoms with Crippen molar-refractivity contribution in [2.24, 2.45) is 5.92 Å². The Labute approximate surface area is 88.4 Å². The lowest BCUT2D eigenvalue weighted by molar-refractivity contribution is -0.0253. The first-order valence-corrected chi connectivity index (χ1v) is 5.99. The van der Waals surface area contributed by atoms with E-state index in [0.717, 1.165) is 25.6 Å². The monoisotopic (exact) mass is 199 g/mol. The highest BCUT2D eigenvalue weighted by Crippen LogP contribution is 2.29. The van der Waals surface area contributed by atoms with Gasteiger partial charge in [0.1, 0.15) is 0 Å². The normalized spacial score (nSPS) is 18.2. The van der Waals surface area contributed by atoms with Crippen molar-refractivity contribution in [1.29, 1.82) is 0 Å². The van der Waals surface area contributed by atoms with Crippen molar-refractivity contribution in [2.75, 3.05) is 19.7 Å². The molecule has 14 heavy (non-hydrogen) atoms. The minimum atomic E-state index is -0.000241. The average molecular weight is 199 g/mol. The molecule has 0 aromatic heterocycles. The SMILES string of the molecule is CCNCC(C)(C)OCCC1CCC1. The summed E-state index contributed by atoms with van der Waals surface area (Å²) in [6, 6.07) is 0.